The summed E-state index contributed by atoms with van der Waals surface area (Å²) in [7, 11) is 0. The van der Waals surface area contributed by atoms with Crippen molar-refractivity contribution in [2.75, 3.05) is 0 Å². The van der Waals surface area contributed by atoms with Crippen LogP contribution in [0.5, 0.6) is 0 Å². The Morgan fingerprint density at radius 2 is 1.81 bits per heavy atom. The van der Waals surface area contributed by atoms with Gasteiger partial charge in [0.25, 0.3) is 0 Å². The van der Waals surface area contributed by atoms with E-state index >= 15 is 0 Å². The fourth-order valence-electron chi connectivity index (χ4n) is 2.44. The summed E-state index contributed by atoms with van der Waals surface area (Å²) in [6.07, 6.45) is 6.41. The van der Waals surface area contributed by atoms with Gasteiger partial charge in [0.15, 0.2) is 0 Å². The lowest BCUT2D eigenvalue weighted by Gasteiger charge is -2.40. The van der Waals surface area contributed by atoms with Crippen molar-refractivity contribution in [2.45, 2.75) is 45.7 Å². The maximum atomic E-state index is 4.05. The molecule has 1 N–H and O–H groups in total. The van der Waals surface area contributed by atoms with Crippen LogP contribution >= 0.6 is 0 Å². The van der Waals surface area contributed by atoms with Gasteiger partial charge in [-0.15, -0.1) is 0 Å². The van der Waals surface area contributed by atoms with Crippen LogP contribution in [0.25, 0.3) is 0 Å². The minimum atomic E-state index is 0.445. The van der Waals surface area contributed by atoms with Crippen LogP contribution in [0, 0.1) is 11.8 Å². The van der Waals surface area contributed by atoms with Crippen molar-refractivity contribution >= 4 is 0 Å². The van der Waals surface area contributed by atoms with E-state index in [0.29, 0.717) is 6.04 Å². The molecule has 1 fully saturated rings. The van der Waals surface area contributed by atoms with Crippen LogP contribution in [0.4, 0.5) is 0 Å². The molecule has 0 saturated heterocycles. The first-order chi connectivity index (χ1) is 7.66. The number of nitrogens with one attached hydrogen (secondary N) is 1. The molecule has 1 saturated carbocycles. The Balaban J connectivity index is 1.80. The zero-order valence-corrected chi connectivity index (χ0v) is 10.5. The maximum Gasteiger partial charge on any atom is 0.0295 e. The van der Waals surface area contributed by atoms with E-state index in [9.17, 15) is 0 Å². The Bertz CT molecular complexity index is 315. The molecule has 2 rings (SSSR count). The first-order valence-electron chi connectivity index (χ1n) is 6.32. The van der Waals surface area contributed by atoms with Crippen molar-refractivity contribution in [2.24, 2.45) is 11.8 Å². The van der Waals surface area contributed by atoms with Crippen LogP contribution in [-0.2, 0) is 0 Å². The monoisotopic (exact) mass is 218 g/mol. The molecule has 1 aromatic heterocycles. The van der Waals surface area contributed by atoms with Gasteiger partial charge in [-0.3, -0.25) is 4.98 Å². The summed E-state index contributed by atoms with van der Waals surface area (Å²) in [5.41, 5.74) is 1.34. The lowest BCUT2D eigenvalue weighted by atomic mass is 9.73. The Hall–Kier alpha value is -0.890. The molecular formula is C14H22N2. The van der Waals surface area contributed by atoms with E-state index in [2.05, 4.69) is 43.2 Å². The van der Waals surface area contributed by atoms with Crippen LogP contribution in [0.3, 0.4) is 0 Å². The van der Waals surface area contributed by atoms with Crippen LogP contribution in [0.15, 0.2) is 24.5 Å². The van der Waals surface area contributed by atoms with Gasteiger partial charge in [0.2, 0.25) is 0 Å². The van der Waals surface area contributed by atoms with Gasteiger partial charge < -0.3 is 5.32 Å². The first kappa shape index (κ1) is 11.6. The molecule has 0 aliphatic heterocycles. The smallest absolute Gasteiger partial charge is 0.0295 e. The van der Waals surface area contributed by atoms with Crippen molar-refractivity contribution in [3.63, 3.8) is 0 Å². The topological polar surface area (TPSA) is 24.9 Å². The highest BCUT2D eigenvalue weighted by atomic mass is 15.0. The van der Waals surface area contributed by atoms with E-state index < -0.39 is 0 Å². The molecular weight excluding hydrogens is 196 g/mol. The molecule has 1 heterocycles. The summed E-state index contributed by atoms with van der Waals surface area (Å²) in [6.45, 7) is 6.89. The van der Waals surface area contributed by atoms with Gasteiger partial charge in [-0.25, -0.2) is 0 Å². The minimum absolute atomic E-state index is 0.445. The molecule has 88 valence electrons. The summed E-state index contributed by atoms with van der Waals surface area (Å²) < 4.78 is 0. The molecule has 0 bridgehead atoms. The Morgan fingerprint density at radius 3 is 2.38 bits per heavy atom. The number of rotatable bonds is 4. The molecule has 2 nitrogen and oxygen atoms in total. The molecule has 0 aromatic carbocycles. The minimum Gasteiger partial charge on any atom is -0.307 e. The summed E-state index contributed by atoms with van der Waals surface area (Å²) in [4.78, 5) is 4.05. The van der Waals surface area contributed by atoms with Crippen molar-refractivity contribution in [3.8, 4) is 0 Å². The molecule has 1 atom stereocenters. The summed E-state index contributed by atoms with van der Waals surface area (Å²) in [5.74, 6) is 1.77. The van der Waals surface area contributed by atoms with E-state index in [-0.39, 0.29) is 0 Å². The second-order valence-corrected chi connectivity index (χ2v) is 5.34. The zero-order valence-electron chi connectivity index (χ0n) is 10.5. The average Bonchev–Trinajstić information content (AvgIpc) is 2.23. The number of nitrogens with zero attached hydrogens (tertiary/aromatic N) is 1. The standard InChI is InChI=1S/C14H22N2/c1-10(2)13-8-14(9-13)16-11(3)12-4-6-15-7-5-12/h4-7,10-11,13-14,16H,8-9H2,1-3H3. The second-order valence-electron chi connectivity index (χ2n) is 5.34. The maximum absolute atomic E-state index is 4.05. The molecule has 1 aliphatic rings. The van der Waals surface area contributed by atoms with Crippen LogP contribution in [0.2, 0.25) is 0 Å². The van der Waals surface area contributed by atoms with Gasteiger partial charge in [0.05, 0.1) is 0 Å². The van der Waals surface area contributed by atoms with E-state index in [1.807, 2.05) is 12.4 Å². The van der Waals surface area contributed by atoms with Crippen molar-refractivity contribution in [1.82, 2.24) is 10.3 Å². The van der Waals surface area contributed by atoms with E-state index in [0.717, 1.165) is 17.9 Å². The third-order valence-corrected chi connectivity index (χ3v) is 3.81. The van der Waals surface area contributed by atoms with Crippen LogP contribution in [-0.4, -0.2) is 11.0 Å². The van der Waals surface area contributed by atoms with Gasteiger partial charge in [0, 0.05) is 24.5 Å². The van der Waals surface area contributed by atoms with E-state index in [1.54, 1.807) is 0 Å². The average molecular weight is 218 g/mol. The lowest BCUT2D eigenvalue weighted by Crippen LogP contribution is -2.43. The highest BCUT2D eigenvalue weighted by Crippen LogP contribution is 2.34. The third-order valence-electron chi connectivity index (χ3n) is 3.81. The molecule has 0 spiro atoms. The van der Waals surface area contributed by atoms with E-state index in [4.69, 9.17) is 0 Å². The van der Waals surface area contributed by atoms with Gasteiger partial charge in [0.1, 0.15) is 0 Å². The highest BCUT2D eigenvalue weighted by molar-refractivity contribution is 5.14. The van der Waals surface area contributed by atoms with Crippen LogP contribution < -0.4 is 5.32 Å². The Morgan fingerprint density at radius 1 is 1.19 bits per heavy atom. The zero-order chi connectivity index (χ0) is 11.5. The quantitative estimate of drug-likeness (QED) is 0.839. The largest absolute Gasteiger partial charge is 0.307 e. The van der Waals surface area contributed by atoms with Crippen molar-refractivity contribution in [1.29, 1.82) is 0 Å². The van der Waals surface area contributed by atoms with Gasteiger partial charge in [-0.05, 0) is 49.3 Å². The molecule has 0 radical (unpaired) electrons. The molecule has 1 aromatic rings. The fraction of sp³-hybridized carbons (Fsp3) is 0.643. The van der Waals surface area contributed by atoms with Gasteiger partial charge in [-0.2, -0.15) is 0 Å². The molecule has 1 aliphatic carbocycles. The number of hydrogen-bond acceptors (Lipinski definition) is 2. The predicted octanol–water partition coefficient (Wildman–Crippen LogP) is 3.17. The van der Waals surface area contributed by atoms with Crippen molar-refractivity contribution < 1.29 is 0 Å². The Kier molecular flexibility index (Phi) is 3.59. The van der Waals surface area contributed by atoms with Gasteiger partial charge in [-0.1, -0.05) is 13.8 Å². The second kappa shape index (κ2) is 4.96. The SMILES string of the molecule is CC(NC1CC(C(C)C)C1)c1ccncc1. The van der Waals surface area contributed by atoms with Gasteiger partial charge >= 0.3 is 0 Å². The van der Waals surface area contributed by atoms with Crippen LogP contribution in [0.1, 0.15) is 45.2 Å². The number of aromatic nitrogens is 1. The number of pyridine rings is 1. The molecule has 0 amide bonds. The summed E-state index contributed by atoms with van der Waals surface area (Å²) >= 11 is 0. The van der Waals surface area contributed by atoms with Crippen molar-refractivity contribution in [3.05, 3.63) is 30.1 Å². The lowest BCUT2D eigenvalue weighted by molar-refractivity contribution is 0.159. The summed E-state index contributed by atoms with van der Waals surface area (Å²) in [5, 5.41) is 3.69. The number of hydrogen-bond donors (Lipinski definition) is 1. The molecule has 2 heteroatoms. The first-order valence-corrected chi connectivity index (χ1v) is 6.32. The summed E-state index contributed by atoms with van der Waals surface area (Å²) in [6, 6.07) is 5.35. The molecule has 1 unspecified atom stereocenters. The molecule has 16 heavy (non-hydrogen) atoms. The normalized spacial score (nSPS) is 26.5. The Labute approximate surface area is 98.5 Å². The fourth-order valence-corrected chi connectivity index (χ4v) is 2.44. The highest BCUT2D eigenvalue weighted by Gasteiger charge is 2.31. The third kappa shape index (κ3) is 2.62. The predicted molar refractivity (Wildman–Crippen MR) is 67.1 cm³/mol. The van der Waals surface area contributed by atoms with E-state index in [1.165, 1.54) is 18.4 Å².